The van der Waals surface area contributed by atoms with Crippen LogP contribution >= 0.6 is 0 Å². The number of aromatic nitrogens is 1. The number of aryl methyl sites for hydroxylation is 1. The van der Waals surface area contributed by atoms with Gasteiger partial charge in [-0.2, -0.15) is 5.26 Å². The number of amides is 5. The van der Waals surface area contributed by atoms with Crippen LogP contribution in [0.4, 0.5) is 20.2 Å². The molecule has 21 nitrogen and oxygen atoms in total. The molecule has 4 atom stereocenters. The fourth-order valence-electron chi connectivity index (χ4n) is 7.66. The molecule has 5 rings (SSSR count). The van der Waals surface area contributed by atoms with Crippen LogP contribution in [0.25, 0.3) is 0 Å². The van der Waals surface area contributed by atoms with E-state index in [9.17, 15) is 38.4 Å². The molecular weight excluding hydrogens is 897 g/mol. The number of nitriles is 1. The number of pyridine rings is 1. The highest BCUT2D eigenvalue weighted by Crippen LogP contribution is 2.30. The Hall–Kier alpha value is -6.72. The summed E-state index contributed by atoms with van der Waals surface area (Å²) in [7, 11) is 1.27. The van der Waals surface area contributed by atoms with E-state index in [1.165, 1.54) is 24.2 Å². The number of allylic oxidation sites excluding steroid dienone is 1. The van der Waals surface area contributed by atoms with E-state index in [0.29, 0.717) is 64.1 Å². The van der Waals surface area contributed by atoms with Crippen LogP contribution in [0, 0.1) is 24.2 Å². The molecule has 1 aromatic heterocycles. The molecule has 69 heavy (non-hydrogen) atoms. The number of carboxylic acids is 1. The molecule has 5 amide bonds. The number of ketones is 1. The highest BCUT2D eigenvalue weighted by molar-refractivity contribution is 5.95. The van der Waals surface area contributed by atoms with Crippen molar-refractivity contribution in [3.63, 3.8) is 0 Å². The molecule has 1 aromatic rings. The van der Waals surface area contributed by atoms with Crippen molar-refractivity contribution in [3.8, 4) is 6.07 Å². The Morgan fingerprint density at radius 2 is 1.38 bits per heavy atom. The van der Waals surface area contributed by atoms with Crippen LogP contribution in [0.5, 0.6) is 0 Å². The number of nitrogens with zero attached hydrogens (tertiary/aromatic N) is 7. The maximum absolute atomic E-state index is 13.5. The van der Waals surface area contributed by atoms with Gasteiger partial charge >= 0.3 is 30.2 Å². The minimum atomic E-state index is -1.18. The molecule has 0 aliphatic carbocycles. The average molecular weight is 967 g/mol. The van der Waals surface area contributed by atoms with Gasteiger partial charge in [0.25, 0.3) is 0 Å². The molecule has 0 saturated carbocycles. The molecule has 0 spiro atoms. The van der Waals surface area contributed by atoms with Crippen molar-refractivity contribution in [2.24, 2.45) is 5.92 Å². The number of ether oxygens (including phenoxy) is 4. The molecule has 0 aromatic carbocycles. The zero-order valence-electron chi connectivity index (χ0n) is 41.9. The van der Waals surface area contributed by atoms with E-state index < -0.39 is 65.1 Å². The van der Waals surface area contributed by atoms with Crippen LogP contribution in [0.3, 0.4) is 0 Å². The molecule has 0 radical (unpaired) electrons. The van der Waals surface area contributed by atoms with Gasteiger partial charge in [-0.05, 0) is 112 Å². The Morgan fingerprint density at radius 3 is 1.87 bits per heavy atom. The second-order valence-corrected chi connectivity index (χ2v) is 20.0. The lowest BCUT2D eigenvalue weighted by atomic mass is 10.0. The summed E-state index contributed by atoms with van der Waals surface area (Å²) in [6, 6.07) is 5.47. The molecule has 1 unspecified atom stereocenters. The van der Waals surface area contributed by atoms with Gasteiger partial charge in [0.2, 0.25) is 11.8 Å². The Bertz CT molecular complexity index is 2130. The van der Waals surface area contributed by atoms with Crippen LogP contribution in [-0.4, -0.2) is 172 Å². The summed E-state index contributed by atoms with van der Waals surface area (Å²) in [5.74, 6) is -1.20. The van der Waals surface area contributed by atoms with Crippen LogP contribution in [0.15, 0.2) is 42.5 Å². The van der Waals surface area contributed by atoms with E-state index in [-0.39, 0.29) is 43.0 Å². The van der Waals surface area contributed by atoms with Gasteiger partial charge in [0, 0.05) is 70.4 Å². The first-order valence-corrected chi connectivity index (χ1v) is 22.8. The van der Waals surface area contributed by atoms with E-state index >= 15 is 0 Å². The number of carboxylic acid groups (broad SMARTS) is 1. The third-order valence-corrected chi connectivity index (χ3v) is 10.8. The van der Waals surface area contributed by atoms with Crippen molar-refractivity contribution in [3.05, 3.63) is 48.2 Å². The van der Waals surface area contributed by atoms with Crippen molar-refractivity contribution >= 4 is 53.6 Å². The molecule has 2 N–H and O–H groups in total. The summed E-state index contributed by atoms with van der Waals surface area (Å²) >= 11 is 0. The van der Waals surface area contributed by atoms with Gasteiger partial charge in [-0.15, -0.1) is 0 Å². The zero-order chi connectivity index (χ0) is 52.0. The highest BCUT2D eigenvalue weighted by Gasteiger charge is 2.44. The van der Waals surface area contributed by atoms with Gasteiger partial charge < -0.3 is 39.2 Å². The fourth-order valence-corrected chi connectivity index (χ4v) is 7.66. The standard InChI is InChI=1S/C25H37N5O4.C13H18N2O4.C10H15NO5/c1-6-22(31)26-11-10-19-16-20(30(17-19)24(33)34-25(3,4)5)23(32)29-14-12-28(13-15-29)21-9-7-8-18(2)27-21;1-13(2,3)19-12(17)15-8-9(5-6-14)7-10(15)11(16)18-4;1-10(2,3)16-9(15)11-5-6(12)4-7(11)8(13)14/h6-9,19-20H,1,10-17H2,2-5H3,(H,26,31);5,10H,7-8H2,1-4H3;7H,4-5H2,1-3H3,(H,13,14)/t19?,20-;10-;7-/m000/s1. The number of carbonyl (C=O) groups is 8. The number of esters is 1. The molecule has 4 fully saturated rings. The topological polar surface area (TPSA) is 259 Å². The lowest BCUT2D eigenvalue weighted by Gasteiger charge is -2.38. The Labute approximate surface area is 404 Å². The summed E-state index contributed by atoms with van der Waals surface area (Å²) in [4.78, 5) is 108. The van der Waals surface area contributed by atoms with Gasteiger partial charge in [0.05, 0.1) is 19.7 Å². The van der Waals surface area contributed by atoms with Crippen molar-refractivity contribution in [2.45, 2.75) is 130 Å². The molecule has 5 heterocycles. The number of aliphatic carboxylic acids is 1. The minimum Gasteiger partial charge on any atom is -0.480 e. The summed E-state index contributed by atoms with van der Waals surface area (Å²) in [5.41, 5.74) is -0.313. The first-order chi connectivity index (χ1) is 32.1. The van der Waals surface area contributed by atoms with Gasteiger partial charge in [-0.25, -0.2) is 29.0 Å². The van der Waals surface area contributed by atoms with Crippen LogP contribution in [0.2, 0.25) is 0 Å². The maximum Gasteiger partial charge on any atom is 0.411 e. The molecule has 4 aliphatic rings. The van der Waals surface area contributed by atoms with Gasteiger partial charge in [-0.1, -0.05) is 12.6 Å². The number of nitrogens with one attached hydrogen (secondary N) is 1. The number of likely N-dealkylation sites (tertiary alicyclic amines) is 3. The highest BCUT2D eigenvalue weighted by atomic mass is 16.6. The number of anilines is 1. The van der Waals surface area contributed by atoms with Gasteiger partial charge in [0.15, 0.2) is 5.78 Å². The quantitative estimate of drug-likeness (QED) is 0.156. The number of Topliss-reactive ketones (excluding diaryl/α,β-unsaturated/α-hetero) is 1. The van der Waals surface area contributed by atoms with Crippen molar-refractivity contribution in [1.82, 2.24) is 29.9 Å². The number of rotatable bonds is 8. The monoisotopic (exact) mass is 967 g/mol. The summed E-state index contributed by atoms with van der Waals surface area (Å²) in [5, 5.41) is 20.3. The summed E-state index contributed by atoms with van der Waals surface area (Å²) < 4.78 is 20.5. The second kappa shape index (κ2) is 24.5. The molecule has 21 heteroatoms. The van der Waals surface area contributed by atoms with Crippen LogP contribution in [-0.2, 0) is 42.9 Å². The van der Waals surface area contributed by atoms with Crippen molar-refractivity contribution < 1.29 is 62.4 Å². The second-order valence-electron chi connectivity index (χ2n) is 20.0. The lowest BCUT2D eigenvalue weighted by molar-refractivity contribution is -0.145. The predicted molar refractivity (Wildman–Crippen MR) is 251 cm³/mol. The third kappa shape index (κ3) is 18.0. The third-order valence-electron chi connectivity index (χ3n) is 10.8. The molecular formula is C48H70N8O13. The van der Waals surface area contributed by atoms with E-state index in [2.05, 4.69) is 26.5 Å². The van der Waals surface area contributed by atoms with E-state index in [1.807, 2.05) is 56.9 Å². The van der Waals surface area contributed by atoms with Crippen molar-refractivity contribution in [2.75, 3.05) is 64.4 Å². The van der Waals surface area contributed by atoms with E-state index in [4.69, 9.17) is 24.6 Å². The lowest BCUT2D eigenvalue weighted by Crippen LogP contribution is -2.55. The minimum absolute atomic E-state index is 0.0414. The predicted octanol–water partition coefficient (Wildman–Crippen LogP) is 4.62. The number of hydrogen-bond donors (Lipinski definition) is 2. The number of carbonyl (C=O) groups excluding carboxylic acids is 7. The van der Waals surface area contributed by atoms with Gasteiger partial charge in [0.1, 0.15) is 40.7 Å². The fraction of sp³-hybridized carbons (Fsp3) is 0.625. The number of piperazine rings is 1. The smallest absolute Gasteiger partial charge is 0.411 e. The van der Waals surface area contributed by atoms with Gasteiger partial charge in [-0.3, -0.25) is 29.1 Å². The number of hydrogen-bond acceptors (Lipinski definition) is 15. The normalized spacial score (nSPS) is 20.9. The molecule has 380 valence electrons. The SMILES string of the molecule is C=CC(=O)NCCC1C[C@@H](C(=O)N2CCN(c3cccc(C)n3)CC2)N(C(=O)OC(C)(C)C)C1.CC(C)(C)OC(=O)N1CC(=O)C[C@H]1C(=O)O.COC(=O)[C@@H]1CC(=CC#N)CN1C(=O)OC(C)(C)C. The largest absolute Gasteiger partial charge is 0.480 e. The van der Waals surface area contributed by atoms with E-state index in [1.54, 1.807) is 46.4 Å². The summed E-state index contributed by atoms with van der Waals surface area (Å²) in [6.07, 6.45) is 2.17. The zero-order valence-corrected chi connectivity index (χ0v) is 41.9. The van der Waals surface area contributed by atoms with E-state index in [0.717, 1.165) is 16.4 Å². The van der Waals surface area contributed by atoms with Crippen LogP contribution < -0.4 is 10.2 Å². The van der Waals surface area contributed by atoms with Crippen LogP contribution in [0.1, 0.15) is 93.7 Å². The first kappa shape index (κ1) is 56.6. The average Bonchev–Trinajstić information content (AvgIpc) is 3.99. The molecule has 4 aliphatic heterocycles. The Balaban J connectivity index is 0.000000304. The Morgan fingerprint density at radius 1 is 0.826 bits per heavy atom. The first-order valence-electron chi connectivity index (χ1n) is 22.8. The summed E-state index contributed by atoms with van der Waals surface area (Å²) in [6.45, 7) is 24.6. The molecule has 4 saturated heterocycles. The molecule has 0 bridgehead atoms. The maximum atomic E-state index is 13.5. The number of methoxy groups -OCH3 is 1. The van der Waals surface area contributed by atoms with Crippen molar-refractivity contribution in [1.29, 1.82) is 5.26 Å². The Kier molecular flexibility index (Phi) is 20.1.